The van der Waals surface area contributed by atoms with E-state index in [1.165, 1.54) is 11.3 Å². The molecule has 0 unspecified atom stereocenters. The van der Waals surface area contributed by atoms with Crippen LogP contribution in [0.2, 0.25) is 0 Å². The normalized spacial score (nSPS) is 10.8. The number of hydrogen-bond acceptors (Lipinski definition) is 4. The van der Waals surface area contributed by atoms with Crippen LogP contribution in [0, 0.1) is 12.8 Å². The van der Waals surface area contributed by atoms with Crippen molar-refractivity contribution in [3.05, 3.63) is 64.5 Å². The Morgan fingerprint density at radius 3 is 2.41 bits per heavy atom. The fraction of sp³-hybridized carbons (Fsp3) is 0.261. The van der Waals surface area contributed by atoms with Crippen LogP contribution >= 0.6 is 11.3 Å². The van der Waals surface area contributed by atoms with E-state index in [0.717, 1.165) is 33.2 Å². The van der Waals surface area contributed by atoms with Gasteiger partial charge in [-0.25, -0.2) is 4.98 Å². The fourth-order valence-electron chi connectivity index (χ4n) is 2.88. The number of aromatic nitrogens is 1. The highest BCUT2D eigenvalue weighted by Gasteiger charge is 2.11. The number of carbonyl (C=O) groups is 2. The number of hydrogen-bond donors (Lipinski definition) is 2. The second-order valence-electron chi connectivity index (χ2n) is 7.39. The third-order valence-electron chi connectivity index (χ3n) is 4.34. The molecular formula is C23H25N3O2S. The minimum absolute atomic E-state index is 0.0170. The van der Waals surface area contributed by atoms with Crippen LogP contribution in [0.25, 0.3) is 11.3 Å². The van der Waals surface area contributed by atoms with Gasteiger partial charge in [0.25, 0.3) is 0 Å². The Kier molecular flexibility index (Phi) is 6.77. The summed E-state index contributed by atoms with van der Waals surface area (Å²) in [6, 6.07) is 15.3. The molecule has 6 heteroatoms. The van der Waals surface area contributed by atoms with E-state index in [0.29, 0.717) is 12.3 Å². The molecule has 2 aromatic carbocycles. The van der Waals surface area contributed by atoms with E-state index in [9.17, 15) is 9.59 Å². The second-order valence-corrected chi connectivity index (χ2v) is 8.33. The molecule has 1 aromatic heterocycles. The van der Waals surface area contributed by atoms with E-state index in [1.807, 2.05) is 74.7 Å². The monoisotopic (exact) mass is 407 g/mol. The van der Waals surface area contributed by atoms with Crippen molar-refractivity contribution in [3.8, 4) is 11.3 Å². The summed E-state index contributed by atoms with van der Waals surface area (Å²) in [5.74, 6) is 0.262. The number of para-hydroxylation sites is 1. The predicted molar refractivity (Wildman–Crippen MR) is 119 cm³/mol. The van der Waals surface area contributed by atoms with Crippen molar-refractivity contribution in [3.63, 3.8) is 0 Å². The maximum absolute atomic E-state index is 12.3. The molecular weight excluding hydrogens is 382 g/mol. The van der Waals surface area contributed by atoms with Crippen molar-refractivity contribution in [2.75, 3.05) is 10.6 Å². The first-order valence-corrected chi connectivity index (χ1v) is 10.5. The number of rotatable bonds is 7. The number of anilines is 2. The van der Waals surface area contributed by atoms with E-state index in [-0.39, 0.29) is 18.2 Å². The lowest BCUT2D eigenvalue weighted by molar-refractivity contribution is -0.117. The molecule has 3 rings (SSSR count). The Bertz CT molecular complexity index is 993. The summed E-state index contributed by atoms with van der Waals surface area (Å²) in [5.41, 5.74) is 4.40. The van der Waals surface area contributed by atoms with Gasteiger partial charge < -0.3 is 10.6 Å². The summed E-state index contributed by atoms with van der Waals surface area (Å²) in [7, 11) is 0. The molecule has 2 N–H and O–H groups in total. The molecule has 0 saturated carbocycles. The third-order valence-corrected chi connectivity index (χ3v) is 5.19. The molecule has 0 spiro atoms. The first-order chi connectivity index (χ1) is 13.9. The van der Waals surface area contributed by atoms with Crippen LogP contribution in [0.3, 0.4) is 0 Å². The first-order valence-electron chi connectivity index (χ1n) is 9.61. The van der Waals surface area contributed by atoms with E-state index in [1.54, 1.807) is 0 Å². The molecule has 0 bridgehead atoms. The van der Waals surface area contributed by atoms with Crippen molar-refractivity contribution >= 4 is 34.5 Å². The summed E-state index contributed by atoms with van der Waals surface area (Å²) in [6.45, 7) is 6.00. The predicted octanol–water partition coefficient (Wildman–Crippen LogP) is 5.28. The molecule has 0 aliphatic heterocycles. The number of nitrogens with one attached hydrogen (secondary N) is 2. The van der Waals surface area contributed by atoms with Crippen LogP contribution in [-0.2, 0) is 16.0 Å². The maximum atomic E-state index is 12.3. The molecule has 0 radical (unpaired) electrons. The van der Waals surface area contributed by atoms with Crippen LogP contribution in [-0.4, -0.2) is 16.8 Å². The third kappa shape index (κ3) is 5.99. The smallest absolute Gasteiger partial charge is 0.231 e. The van der Waals surface area contributed by atoms with Gasteiger partial charge in [-0.05, 0) is 36.6 Å². The van der Waals surface area contributed by atoms with E-state index in [2.05, 4.69) is 15.6 Å². The molecule has 3 aromatic rings. The number of nitrogens with zero attached hydrogens (tertiary/aromatic N) is 1. The molecule has 0 aliphatic carbocycles. The lowest BCUT2D eigenvalue weighted by atomic mass is 10.1. The molecule has 2 amide bonds. The highest BCUT2D eigenvalue weighted by Crippen LogP contribution is 2.24. The standard InChI is InChI=1S/C23H25N3O2S/c1-15(2)12-21(27)24-18-10-8-17(9-11-18)20-14-29-23(26-20)13-22(28)25-19-7-5-4-6-16(19)3/h4-11,14-15H,12-13H2,1-3H3,(H,24,27)(H,25,28). The van der Waals surface area contributed by atoms with Crippen molar-refractivity contribution in [2.24, 2.45) is 5.92 Å². The zero-order valence-corrected chi connectivity index (χ0v) is 17.7. The number of benzene rings is 2. The van der Waals surface area contributed by atoms with E-state index < -0.39 is 0 Å². The number of aryl methyl sites for hydroxylation is 1. The highest BCUT2D eigenvalue weighted by atomic mass is 32.1. The van der Waals surface area contributed by atoms with Crippen molar-refractivity contribution in [1.29, 1.82) is 0 Å². The Morgan fingerprint density at radius 2 is 1.72 bits per heavy atom. The molecule has 29 heavy (non-hydrogen) atoms. The fourth-order valence-corrected chi connectivity index (χ4v) is 3.68. The van der Waals surface area contributed by atoms with Gasteiger partial charge in [-0.3, -0.25) is 9.59 Å². The van der Waals surface area contributed by atoms with Gasteiger partial charge >= 0.3 is 0 Å². The Labute approximate surface area is 175 Å². The van der Waals surface area contributed by atoms with Gasteiger partial charge in [0.1, 0.15) is 5.01 Å². The summed E-state index contributed by atoms with van der Waals surface area (Å²) in [5, 5.41) is 8.55. The quantitative estimate of drug-likeness (QED) is 0.559. The maximum Gasteiger partial charge on any atom is 0.231 e. The summed E-state index contributed by atoms with van der Waals surface area (Å²) >= 11 is 1.47. The topological polar surface area (TPSA) is 71.1 Å². The lowest BCUT2D eigenvalue weighted by Crippen LogP contribution is -2.15. The average Bonchev–Trinajstić information content (AvgIpc) is 3.12. The zero-order valence-electron chi connectivity index (χ0n) is 16.9. The summed E-state index contributed by atoms with van der Waals surface area (Å²) in [6.07, 6.45) is 0.740. The molecule has 0 aliphatic rings. The largest absolute Gasteiger partial charge is 0.326 e. The minimum atomic E-state index is -0.0802. The van der Waals surface area contributed by atoms with Crippen LogP contribution in [0.4, 0.5) is 11.4 Å². The van der Waals surface area contributed by atoms with Crippen LogP contribution in [0.15, 0.2) is 53.9 Å². The van der Waals surface area contributed by atoms with E-state index >= 15 is 0 Å². The minimum Gasteiger partial charge on any atom is -0.326 e. The van der Waals surface area contributed by atoms with Gasteiger partial charge in [-0.2, -0.15) is 0 Å². The summed E-state index contributed by atoms with van der Waals surface area (Å²) in [4.78, 5) is 28.8. The van der Waals surface area contributed by atoms with Gasteiger partial charge in [-0.15, -0.1) is 11.3 Å². The van der Waals surface area contributed by atoms with Crippen molar-refractivity contribution < 1.29 is 9.59 Å². The van der Waals surface area contributed by atoms with Gasteiger partial charge in [0, 0.05) is 28.7 Å². The first kappa shape index (κ1) is 20.7. The highest BCUT2D eigenvalue weighted by molar-refractivity contribution is 7.10. The Balaban J connectivity index is 1.60. The van der Waals surface area contributed by atoms with Crippen molar-refractivity contribution in [1.82, 2.24) is 4.98 Å². The van der Waals surface area contributed by atoms with Gasteiger partial charge in [0.15, 0.2) is 0 Å². The van der Waals surface area contributed by atoms with E-state index in [4.69, 9.17) is 0 Å². The molecule has 150 valence electrons. The molecule has 0 atom stereocenters. The van der Waals surface area contributed by atoms with Crippen LogP contribution < -0.4 is 10.6 Å². The number of carbonyl (C=O) groups excluding carboxylic acids is 2. The van der Waals surface area contributed by atoms with Gasteiger partial charge in [0.05, 0.1) is 12.1 Å². The zero-order chi connectivity index (χ0) is 20.8. The van der Waals surface area contributed by atoms with Crippen molar-refractivity contribution in [2.45, 2.75) is 33.6 Å². The lowest BCUT2D eigenvalue weighted by Gasteiger charge is -2.07. The molecule has 1 heterocycles. The second kappa shape index (κ2) is 9.47. The van der Waals surface area contributed by atoms with Gasteiger partial charge in [0.2, 0.25) is 11.8 Å². The number of thiazole rings is 1. The Morgan fingerprint density at radius 1 is 1.00 bits per heavy atom. The Hall–Kier alpha value is -2.99. The average molecular weight is 408 g/mol. The molecule has 0 saturated heterocycles. The van der Waals surface area contributed by atoms with Gasteiger partial charge in [-0.1, -0.05) is 44.2 Å². The van der Waals surface area contributed by atoms with Crippen LogP contribution in [0.1, 0.15) is 30.8 Å². The molecule has 0 fully saturated rings. The number of amides is 2. The molecule has 5 nitrogen and oxygen atoms in total. The van der Waals surface area contributed by atoms with Crippen LogP contribution in [0.5, 0.6) is 0 Å². The summed E-state index contributed by atoms with van der Waals surface area (Å²) < 4.78 is 0. The SMILES string of the molecule is Cc1ccccc1NC(=O)Cc1nc(-c2ccc(NC(=O)CC(C)C)cc2)cs1.